The number of rotatable bonds is 5. The predicted octanol–water partition coefficient (Wildman–Crippen LogP) is 3.75. The highest BCUT2D eigenvalue weighted by Crippen LogP contribution is 2.56. The second-order valence-electron chi connectivity index (χ2n) is 9.58. The fourth-order valence-electron chi connectivity index (χ4n) is 6.24. The Morgan fingerprint density at radius 3 is 3.00 bits per heavy atom. The fourth-order valence-corrected chi connectivity index (χ4v) is 6.24. The van der Waals surface area contributed by atoms with Crippen LogP contribution in [0.15, 0.2) is 23.8 Å². The molecule has 26 heavy (non-hydrogen) atoms. The summed E-state index contributed by atoms with van der Waals surface area (Å²) in [6, 6.07) is 0. The van der Waals surface area contributed by atoms with Crippen molar-refractivity contribution in [2.75, 3.05) is 13.1 Å². The van der Waals surface area contributed by atoms with E-state index < -0.39 is 0 Å². The summed E-state index contributed by atoms with van der Waals surface area (Å²) >= 11 is 0. The molecule has 0 spiro atoms. The summed E-state index contributed by atoms with van der Waals surface area (Å²) in [5.41, 5.74) is 3.37. The molecule has 0 aromatic heterocycles. The maximum atomic E-state index is 12.6. The van der Waals surface area contributed by atoms with E-state index >= 15 is 0 Å². The van der Waals surface area contributed by atoms with Gasteiger partial charge in [0.25, 0.3) is 0 Å². The van der Waals surface area contributed by atoms with Crippen molar-refractivity contribution < 1.29 is 14.8 Å². The summed E-state index contributed by atoms with van der Waals surface area (Å²) in [5, 5.41) is 2.37. The first-order valence-corrected chi connectivity index (χ1v) is 10.9. The smallest absolute Gasteiger partial charge is 0.315 e. The lowest BCUT2D eigenvalue weighted by molar-refractivity contribution is -0.658. The highest BCUT2D eigenvalue weighted by molar-refractivity contribution is 5.75. The van der Waals surface area contributed by atoms with Crippen LogP contribution in [-0.4, -0.2) is 25.2 Å². The summed E-state index contributed by atoms with van der Waals surface area (Å²) in [4.78, 5) is 12.6. The molecule has 0 aromatic rings. The molecule has 3 fully saturated rings. The molecule has 5 atom stereocenters. The summed E-state index contributed by atoms with van der Waals surface area (Å²) < 4.78 is 5.87. The number of hydrogen-bond donors (Lipinski definition) is 1. The van der Waals surface area contributed by atoms with Crippen molar-refractivity contribution in [3.05, 3.63) is 23.8 Å². The molecule has 3 aliphatic carbocycles. The standard InChI is InChI=1S/C23H35NO2/c1-16-7-6-11-23(2)14-21-18(13-20(16)23)19(22(25)26-21)15-24-12-10-17-8-4-3-5-9-17/h8,18-21,24H,1,3-7,9-15H2,2H3/p+1/t18-,19-,20-,21-,23-/m1/s1. The minimum atomic E-state index is 0.0704. The van der Waals surface area contributed by atoms with Crippen LogP contribution in [0.3, 0.4) is 0 Å². The monoisotopic (exact) mass is 358 g/mol. The van der Waals surface area contributed by atoms with Gasteiger partial charge in [0.05, 0.1) is 13.1 Å². The van der Waals surface area contributed by atoms with Crippen molar-refractivity contribution in [2.24, 2.45) is 23.2 Å². The van der Waals surface area contributed by atoms with Gasteiger partial charge in [0.2, 0.25) is 0 Å². The second kappa shape index (κ2) is 7.50. The first-order chi connectivity index (χ1) is 12.6. The van der Waals surface area contributed by atoms with Gasteiger partial charge in [-0.2, -0.15) is 0 Å². The average Bonchev–Trinajstić information content (AvgIpc) is 2.92. The maximum Gasteiger partial charge on any atom is 0.315 e. The largest absolute Gasteiger partial charge is 0.462 e. The lowest BCUT2D eigenvalue weighted by Crippen LogP contribution is -2.86. The third-order valence-corrected chi connectivity index (χ3v) is 7.80. The highest BCUT2D eigenvalue weighted by Gasteiger charge is 2.55. The molecule has 1 saturated heterocycles. The van der Waals surface area contributed by atoms with Crippen LogP contribution in [0.25, 0.3) is 0 Å². The predicted molar refractivity (Wildman–Crippen MR) is 104 cm³/mol. The van der Waals surface area contributed by atoms with Gasteiger partial charge in [0.1, 0.15) is 12.0 Å². The van der Waals surface area contributed by atoms with Gasteiger partial charge in [-0.05, 0) is 69.1 Å². The van der Waals surface area contributed by atoms with Gasteiger partial charge >= 0.3 is 5.97 Å². The summed E-state index contributed by atoms with van der Waals surface area (Å²) in [7, 11) is 0. The number of ether oxygens (including phenoxy) is 1. The molecule has 4 rings (SSSR count). The molecule has 0 radical (unpaired) electrons. The van der Waals surface area contributed by atoms with Crippen LogP contribution >= 0.6 is 0 Å². The van der Waals surface area contributed by atoms with E-state index in [0.29, 0.717) is 17.3 Å². The van der Waals surface area contributed by atoms with Crippen LogP contribution in [0.1, 0.15) is 71.1 Å². The lowest BCUT2D eigenvalue weighted by Gasteiger charge is -2.49. The topological polar surface area (TPSA) is 42.9 Å². The zero-order valence-corrected chi connectivity index (χ0v) is 16.5. The molecule has 2 N–H and O–H groups in total. The van der Waals surface area contributed by atoms with Gasteiger partial charge in [0.15, 0.2) is 0 Å². The van der Waals surface area contributed by atoms with Crippen molar-refractivity contribution in [3.8, 4) is 0 Å². The molecule has 4 aliphatic rings. The number of carbonyl (C=O) groups excluding carboxylic acids is 1. The van der Waals surface area contributed by atoms with Crippen LogP contribution < -0.4 is 5.32 Å². The average molecular weight is 359 g/mol. The number of hydrogen-bond acceptors (Lipinski definition) is 2. The molecule has 1 aliphatic heterocycles. The van der Waals surface area contributed by atoms with Crippen LogP contribution in [0.4, 0.5) is 0 Å². The quantitative estimate of drug-likeness (QED) is 0.462. The fraction of sp³-hybridized carbons (Fsp3) is 0.783. The Hall–Kier alpha value is -1.09. The number of carbonyl (C=O) groups is 1. The third kappa shape index (κ3) is 3.52. The number of allylic oxidation sites excluding steroid dienone is 2. The van der Waals surface area contributed by atoms with E-state index in [2.05, 4.69) is 24.9 Å². The van der Waals surface area contributed by atoms with E-state index in [1.807, 2.05) is 0 Å². The first-order valence-electron chi connectivity index (χ1n) is 10.9. The number of quaternary nitrogens is 1. The Kier molecular flexibility index (Phi) is 5.27. The van der Waals surface area contributed by atoms with Gasteiger partial charge in [-0.25, -0.2) is 0 Å². The summed E-state index contributed by atoms with van der Waals surface area (Å²) in [6.07, 6.45) is 14.9. The van der Waals surface area contributed by atoms with E-state index in [1.165, 1.54) is 56.9 Å². The molecule has 144 valence electrons. The van der Waals surface area contributed by atoms with Gasteiger partial charge in [-0.3, -0.25) is 4.79 Å². The highest BCUT2D eigenvalue weighted by atomic mass is 16.6. The Balaban J connectivity index is 1.33. The second-order valence-corrected chi connectivity index (χ2v) is 9.58. The van der Waals surface area contributed by atoms with Gasteiger partial charge < -0.3 is 10.1 Å². The van der Waals surface area contributed by atoms with Crippen LogP contribution in [0.5, 0.6) is 0 Å². The molecule has 1 heterocycles. The molecular formula is C23H36NO2+. The number of fused-ring (bicyclic) bond motifs is 2. The van der Waals surface area contributed by atoms with Crippen LogP contribution in [0, 0.1) is 23.2 Å². The normalized spacial score (nSPS) is 39.8. The van der Waals surface area contributed by atoms with Crippen molar-refractivity contribution >= 4 is 5.97 Å². The Morgan fingerprint density at radius 2 is 2.19 bits per heavy atom. The zero-order valence-electron chi connectivity index (χ0n) is 16.5. The maximum absolute atomic E-state index is 12.6. The minimum absolute atomic E-state index is 0.0704. The Morgan fingerprint density at radius 1 is 1.31 bits per heavy atom. The van der Waals surface area contributed by atoms with Crippen molar-refractivity contribution in [2.45, 2.75) is 77.2 Å². The lowest BCUT2D eigenvalue weighted by atomic mass is 9.55. The molecule has 0 bridgehead atoms. The van der Waals surface area contributed by atoms with Gasteiger partial charge in [-0.15, -0.1) is 0 Å². The summed E-state index contributed by atoms with van der Waals surface area (Å²) in [5.74, 6) is 1.18. The first kappa shape index (κ1) is 18.3. The van der Waals surface area contributed by atoms with E-state index in [1.54, 1.807) is 5.57 Å². The van der Waals surface area contributed by atoms with E-state index in [9.17, 15) is 4.79 Å². The van der Waals surface area contributed by atoms with Crippen molar-refractivity contribution in [1.82, 2.24) is 0 Å². The molecule has 0 aromatic carbocycles. The molecule has 3 nitrogen and oxygen atoms in total. The minimum Gasteiger partial charge on any atom is -0.462 e. The Labute approximate surface area is 158 Å². The summed E-state index contributed by atoms with van der Waals surface area (Å²) in [6.45, 7) is 8.81. The molecule has 0 unspecified atom stereocenters. The molecule has 0 amide bonds. The Bertz CT molecular complexity index is 595. The number of nitrogens with two attached hydrogens (primary N) is 1. The van der Waals surface area contributed by atoms with E-state index in [4.69, 9.17) is 4.74 Å². The van der Waals surface area contributed by atoms with Gasteiger partial charge in [-0.1, -0.05) is 30.7 Å². The van der Waals surface area contributed by atoms with Gasteiger partial charge in [0, 0.05) is 12.3 Å². The molecule has 3 heteroatoms. The van der Waals surface area contributed by atoms with E-state index in [-0.39, 0.29) is 18.0 Å². The molecular weight excluding hydrogens is 322 g/mol. The number of esters is 1. The van der Waals surface area contributed by atoms with E-state index in [0.717, 1.165) is 25.9 Å². The molecule has 2 saturated carbocycles. The van der Waals surface area contributed by atoms with Crippen molar-refractivity contribution in [1.29, 1.82) is 0 Å². The van der Waals surface area contributed by atoms with Crippen LogP contribution in [0.2, 0.25) is 0 Å². The zero-order chi connectivity index (χ0) is 18.1. The third-order valence-electron chi connectivity index (χ3n) is 7.80. The van der Waals surface area contributed by atoms with Crippen LogP contribution in [-0.2, 0) is 9.53 Å². The SMILES string of the molecule is C=C1CCC[C@]2(C)C[C@H]3OC(=O)[C@H](C[NH2+]CCC4=CCCCC4)[C@H]3C[C@H]12. The van der Waals surface area contributed by atoms with Crippen molar-refractivity contribution in [3.63, 3.8) is 0 Å².